The smallest absolute Gasteiger partial charge is 0.115 e. The van der Waals surface area contributed by atoms with Gasteiger partial charge >= 0.3 is 0 Å². The van der Waals surface area contributed by atoms with E-state index in [4.69, 9.17) is 0 Å². The Labute approximate surface area is 63.5 Å². The summed E-state index contributed by atoms with van der Waals surface area (Å²) in [6.07, 6.45) is 8.47. The van der Waals surface area contributed by atoms with Crippen LogP contribution in [0, 0.1) is 0 Å². The SMILES string of the molecule is c1cnn(-c2cncnc2)c1. The lowest BCUT2D eigenvalue weighted by molar-refractivity contribution is 0.864. The number of nitrogens with zero attached hydrogens (tertiary/aromatic N) is 4. The zero-order chi connectivity index (χ0) is 7.52. The van der Waals surface area contributed by atoms with Crippen molar-refractivity contribution in [2.75, 3.05) is 0 Å². The molecule has 0 aliphatic heterocycles. The van der Waals surface area contributed by atoms with Gasteiger partial charge in [0.25, 0.3) is 0 Å². The lowest BCUT2D eigenvalue weighted by atomic mass is 10.5. The summed E-state index contributed by atoms with van der Waals surface area (Å²) in [6, 6.07) is 1.85. The third-order valence-corrected chi connectivity index (χ3v) is 1.32. The second kappa shape index (κ2) is 2.49. The van der Waals surface area contributed by atoms with E-state index in [-0.39, 0.29) is 0 Å². The van der Waals surface area contributed by atoms with Gasteiger partial charge in [-0.05, 0) is 6.07 Å². The van der Waals surface area contributed by atoms with E-state index < -0.39 is 0 Å². The molecule has 11 heavy (non-hydrogen) atoms. The minimum Gasteiger partial charge on any atom is -0.243 e. The number of hydrogen-bond donors (Lipinski definition) is 0. The minimum absolute atomic E-state index is 0.873. The molecule has 0 unspecified atom stereocenters. The molecular weight excluding hydrogens is 140 g/mol. The largest absolute Gasteiger partial charge is 0.243 e. The first-order valence-corrected chi connectivity index (χ1v) is 3.22. The molecule has 54 valence electrons. The van der Waals surface area contributed by atoms with Crippen LogP contribution in [-0.4, -0.2) is 19.7 Å². The summed E-state index contributed by atoms with van der Waals surface area (Å²) >= 11 is 0. The van der Waals surface area contributed by atoms with Crippen LogP contribution >= 0.6 is 0 Å². The van der Waals surface area contributed by atoms with E-state index in [1.807, 2.05) is 12.3 Å². The van der Waals surface area contributed by atoms with E-state index in [1.54, 1.807) is 23.3 Å². The van der Waals surface area contributed by atoms with Gasteiger partial charge in [0.15, 0.2) is 0 Å². The van der Waals surface area contributed by atoms with Gasteiger partial charge < -0.3 is 0 Å². The molecule has 2 rings (SSSR count). The molecule has 0 aromatic carbocycles. The summed E-state index contributed by atoms with van der Waals surface area (Å²) < 4.78 is 1.71. The molecule has 0 atom stereocenters. The predicted molar refractivity (Wildman–Crippen MR) is 39.2 cm³/mol. The molecule has 4 nitrogen and oxygen atoms in total. The zero-order valence-electron chi connectivity index (χ0n) is 5.75. The van der Waals surface area contributed by atoms with Crippen molar-refractivity contribution in [1.29, 1.82) is 0 Å². The quantitative estimate of drug-likeness (QED) is 0.593. The van der Waals surface area contributed by atoms with Gasteiger partial charge in [0, 0.05) is 12.4 Å². The normalized spacial score (nSPS) is 9.82. The van der Waals surface area contributed by atoms with Crippen molar-refractivity contribution in [3.63, 3.8) is 0 Å². The van der Waals surface area contributed by atoms with Gasteiger partial charge in [0.1, 0.15) is 12.0 Å². The highest BCUT2D eigenvalue weighted by atomic mass is 15.3. The molecule has 0 amide bonds. The molecule has 2 aromatic heterocycles. The summed E-state index contributed by atoms with van der Waals surface area (Å²) in [5.74, 6) is 0. The van der Waals surface area contributed by atoms with Crippen molar-refractivity contribution in [3.8, 4) is 5.69 Å². The van der Waals surface area contributed by atoms with Crippen LogP contribution in [0.15, 0.2) is 37.2 Å². The number of aromatic nitrogens is 4. The molecule has 0 aliphatic rings. The maximum atomic E-state index is 4.02. The molecule has 0 saturated heterocycles. The Morgan fingerprint density at radius 2 is 2.00 bits per heavy atom. The van der Waals surface area contributed by atoms with Crippen LogP contribution in [-0.2, 0) is 0 Å². The average Bonchev–Trinajstić information content (AvgIpc) is 2.58. The fourth-order valence-corrected chi connectivity index (χ4v) is 0.831. The Kier molecular flexibility index (Phi) is 1.37. The Morgan fingerprint density at radius 1 is 1.18 bits per heavy atom. The van der Waals surface area contributed by atoms with Gasteiger partial charge in [0.05, 0.1) is 12.4 Å². The average molecular weight is 146 g/mol. The fraction of sp³-hybridized carbons (Fsp3) is 0. The molecule has 0 saturated carbocycles. The molecule has 2 heterocycles. The van der Waals surface area contributed by atoms with Crippen LogP contribution in [0.5, 0.6) is 0 Å². The van der Waals surface area contributed by atoms with E-state index in [2.05, 4.69) is 15.1 Å². The van der Waals surface area contributed by atoms with Crippen LogP contribution in [0.2, 0.25) is 0 Å². The molecule has 0 N–H and O–H groups in total. The third kappa shape index (κ3) is 1.10. The van der Waals surface area contributed by atoms with Gasteiger partial charge in [-0.1, -0.05) is 0 Å². The summed E-state index contributed by atoms with van der Waals surface area (Å²) in [5, 5.41) is 4.02. The van der Waals surface area contributed by atoms with Crippen LogP contribution in [0.3, 0.4) is 0 Å². The van der Waals surface area contributed by atoms with Crippen LogP contribution in [0.1, 0.15) is 0 Å². The summed E-state index contributed by atoms with van der Waals surface area (Å²) in [4.78, 5) is 7.74. The van der Waals surface area contributed by atoms with E-state index in [0.29, 0.717) is 0 Å². The summed E-state index contributed by atoms with van der Waals surface area (Å²) in [5.41, 5.74) is 0.873. The van der Waals surface area contributed by atoms with Crippen LogP contribution in [0.4, 0.5) is 0 Å². The van der Waals surface area contributed by atoms with Crippen molar-refractivity contribution in [3.05, 3.63) is 37.2 Å². The Balaban J connectivity index is 2.46. The third-order valence-electron chi connectivity index (χ3n) is 1.32. The zero-order valence-corrected chi connectivity index (χ0v) is 5.75. The summed E-state index contributed by atoms with van der Waals surface area (Å²) in [6.45, 7) is 0. The Bertz CT molecular complexity index is 313. The van der Waals surface area contributed by atoms with Gasteiger partial charge in [-0.25, -0.2) is 14.6 Å². The molecule has 0 radical (unpaired) electrons. The Morgan fingerprint density at radius 3 is 2.64 bits per heavy atom. The number of rotatable bonds is 1. The highest BCUT2D eigenvalue weighted by Crippen LogP contribution is 1.99. The lowest BCUT2D eigenvalue weighted by Crippen LogP contribution is -1.94. The molecule has 2 aromatic rings. The van der Waals surface area contributed by atoms with Gasteiger partial charge in [0.2, 0.25) is 0 Å². The molecule has 0 fully saturated rings. The molecule has 0 bridgehead atoms. The van der Waals surface area contributed by atoms with Gasteiger partial charge in [-0.3, -0.25) is 0 Å². The van der Waals surface area contributed by atoms with Crippen LogP contribution in [0.25, 0.3) is 5.69 Å². The highest BCUT2D eigenvalue weighted by molar-refractivity contribution is 5.21. The molecule has 0 spiro atoms. The standard InChI is InChI=1S/C7H6N4/c1-2-10-11(3-1)7-4-8-6-9-5-7/h1-6H. The first kappa shape index (κ1) is 6.03. The Hall–Kier alpha value is -1.71. The van der Waals surface area contributed by atoms with Crippen molar-refractivity contribution >= 4 is 0 Å². The molecule has 4 heteroatoms. The lowest BCUT2D eigenvalue weighted by Gasteiger charge is -1.96. The van der Waals surface area contributed by atoms with Crippen LogP contribution < -0.4 is 0 Å². The second-order valence-electron chi connectivity index (χ2n) is 2.05. The number of hydrogen-bond acceptors (Lipinski definition) is 3. The molecular formula is C7H6N4. The van der Waals surface area contributed by atoms with E-state index in [0.717, 1.165) is 5.69 Å². The van der Waals surface area contributed by atoms with E-state index >= 15 is 0 Å². The predicted octanol–water partition coefficient (Wildman–Crippen LogP) is 0.662. The van der Waals surface area contributed by atoms with Crippen molar-refractivity contribution in [2.45, 2.75) is 0 Å². The first-order valence-electron chi connectivity index (χ1n) is 3.22. The van der Waals surface area contributed by atoms with Crippen molar-refractivity contribution < 1.29 is 0 Å². The topological polar surface area (TPSA) is 43.6 Å². The van der Waals surface area contributed by atoms with Gasteiger partial charge in [-0.2, -0.15) is 5.10 Å². The first-order chi connectivity index (χ1) is 5.47. The van der Waals surface area contributed by atoms with E-state index in [1.165, 1.54) is 6.33 Å². The second-order valence-corrected chi connectivity index (χ2v) is 2.05. The maximum absolute atomic E-state index is 4.02. The van der Waals surface area contributed by atoms with E-state index in [9.17, 15) is 0 Å². The van der Waals surface area contributed by atoms with Crippen molar-refractivity contribution in [1.82, 2.24) is 19.7 Å². The minimum atomic E-state index is 0.873. The van der Waals surface area contributed by atoms with Crippen molar-refractivity contribution in [2.24, 2.45) is 0 Å². The summed E-state index contributed by atoms with van der Waals surface area (Å²) in [7, 11) is 0. The monoisotopic (exact) mass is 146 g/mol. The highest BCUT2D eigenvalue weighted by Gasteiger charge is 1.92. The molecule has 0 aliphatic carbocycles. The van der Waals surface area contributed by atoms with Gasteiger partial charge in [-0.15, -0.1) is 0 Å². The fourth-order valence-electron chi connectivity index (χ4n) is 0.831. The maximum Gasteiger partial charge on any atom is 0.115 e.